The Balaban J connectivity index is 1.91. The fourth-order valence-corrected chi connectivity index (χ4v) is 2.91. The van der Waals surface area contributed by atoms with Crippen molar-refractivity contribution in [1.82, 2.24) is 4.98 Å². The van der Waals surface area contributed by atoms with Crippen molar-refractivity contribution in [2.24, 2.45) is 0 Å². The highest BCUT2D eigenvalue weighted by molar-refractivity contribution is 9.10. The number of halogens is 1. The Bertz CT molecular complexity index is 761. The summed E-state index contributed by atoms with van der Waals surface area (Å²) in [6.45, 7) is 0.589. The van der Waals surface area contributed by atoms with Crippen LogP contribution in [-0.2, 0) is 11.2 Å². The van der Waals surface area contributed by atoms with Crippen molar-refractivity contribution >= 4 is 33.5 Å². The summed E-state index contributed by atoms with van der Waals surface area (Å²) in [5, 5.41) is 0. The summed E-state index contributed by atoms with van der Waals surface area (Å²) in [4.78, 5) is 29.9. The van der Waals surface area contributed by atoms with Crippen molar-refractivity contribution in [2.75, 3.05) is 18.6 Å². The Hall–Kier alpha value is -2.21. The van der Waals surface area contributed by atoms with Crippen LogP contribution in [0, 0.1) is 0 Å². The van der Waals surface area contributed by atoms with Gasteiger partial charge in [0.2, 0.25) is 0 Å². The normalized spacial score (nSPS) is 12.9. The lowest BCUT2D eigenvalue weighted by molar-refractivity contribution is 0.0600. The average Bonchev–Trinajstić information content (AvgIpc) is 2.96. The number of aromatic nitrogens is 1. The number of benzene rings is 1. The molecule has 1 aromatic heterocycles. The van der Waals surface area contributed by atoms with Gasteiger partial charge in [0.15, 0.2) is 0 Å². The van der Waals surface area contributed by atoms with Gasteiger partial charge >= 0.3 is 5.97 Å². The Morgan fingerprint density at radius 2 is 2.05 bits per heavy atom. The minimum Gasteiger partial charge on any atom is -0.465 e. The third-order valence-corrected chi connectivity index (χ3v) is 4.03. The smallest absolute Gasteiger partial charge is 0.337 e. The first-order valence-electron chi connectivity index (χ1n) is 6.74. The summed E-state index contributed by atoms with van der Waals surface area (Å²) in [5.41, 5.74) is 2.83. The van der Waals surface area contributed by atoms with E-state index in [9.17, 15) is 9.59 Å². The molecule has 1 aliphatic heterocycles. The van der Waals surface area contributed by atoms with Gasteiger partial charge in [-0.05, 0) is 52.2 Å². The third-order valence-electron chi connectivity index (χ3n) is 3.59. The van der Waals surface area contributed by atoms with E-state index in [1.165, 1.54) is 7.11 Å². The van der Waals surface area contributed by atoms with E-state index in [1.54, 1.807) is 41.6 Å². The monoisotopic (exact) mass is 360 g/mol. The quantitative estimate of drug-likeness (QED) is 0.772. The first kappa shape index (κ1) is 14.7. The number of rotatable bonds is 2. The number of nitrogens with zero attached hydrogens (tertiary/aromatic N) is 2. The van der Waals surface area contributed by atoms with E-state index >= 15 is 0 Å². The number of amides is 1. The standard InChI is InChI=1S/C16H13BrN2O3/c1-22-16(21)11-2-3-14-10(6-11)4-5-19(14)15(20)12-7-13(17)9-18-8-12/h2-3,6-9H,4-5H2,1H3. The van der Waals surface area contributed by atoms with E-state index in [4.69, 9.17) is 4.74 Å². The molecule has 0 saturated carbocycles. The second-order valence-corrected chi connectivity index (χ2v) is 5.85. The number of carbonyl (C=O) groups excluding carboxylic acids is 2. The average molecular weight is 361 g/mol. The lowest BCUT2D eigenvalue weighted by Crippen LogP contribution is -2.28. The minimum atomic E-state index is -0.372. The Labute approximate surface area is 136 Å². The van der Waals surface area contributed by atoms with Crippen molar-refractivity contribution in [3.05, 3.63) is 57.8 Å². The molecule has 112 valence electrons. The lowest BCUT2D eigenvalue weighted by Gasteiger charge is -2.17. The van der Waals surface area contributed by atoms with Crippen LogP contribution in [0.1, 0.15) is 26.3 Å². The maximum atomic E-state index is 12.6. The molecule has 0 unspecified atom stereocenters. The second kappa shape index (κ2) is 5.88. The first-order chi connectivity index (χ1) is 10.6. The molecule has 0 atom stereocenters. The van der Waals surface area contributed by atoms with Crippen molar-refractivity contribution < 1.29 is 14.3 Å². The Morgan fingerprint density at radius 1 is 1.23 bits per heavy atom. The van der Waals surface area contributed by atoms with Crippen LogP contribution in [0.2, 0.25) is 0 Å². The third kappa shape index (κ3) is 2.62. The van der Waals surface area contributed by atoms with E-state index in [2.05, 4.69) is 20.9 Å². The van der Waals surface area contributed by atoms with Gasteiger partial charge in [0, 0.05) is 29.1 Å². The number of hydrogen-bond acceptors (Lipinski definition) is 4. The summed E-state index contributed by atoms with van der Waals surface area (Å²) in [7, 11) is 1.35. The molecule has 2 heterocycles. The van der Waals surface area contributed by atoms with Gasteiger partial charge in [-0.25, -0.2) is 4.79 Å². The fourth-order valence-electron chi connectivity index (χ4n) is 2.54. The van der Waals surface area contributed by atoms with Gasteiger partial charge in [0.25, 0.3) is 5.91 Å². The van der Waals surface area contributed by atoms with Gasteiger partial charge in [-0.2, -0.15) is 0 Å². The predicted molar refractivity (Wildman–Crippen MR) is 85.1 cm³/mol. The van der Waals surface area contributed by atoms with Crippen LogP contribution in [0.15, 0.2) is 41.1 Å². The molecule has 0 bridgehead atoms. The first-order valence-corrected chi connectivity index (χ1v) is 7.53. The molecule has 0 N–H and O–H groups in total. The molecule has 0 spiro atoms. The van der Waals surface area contributed by atoms with Gasteiger partial charge < -0.3 is 9.64 Å². The van der Waals surface area contributed by atoms with E-state index < -0.39 is 0 Å². The van der Waals surface area contributed by atoms with Gasteiger partial charge in [0.05, 0.1) is 18.2 Å². The number of fused-ring (bicyclic) bond motifs is 1. The van der Waals surface area contributed by atoms with Gasteiger partial charge in [-0.15, -0.1) is 0 Å². The molecular formula is C16H13BrN2O3. The van der Waals surface area contributed by atoms with Crippen molar-refractivity contribution in [1.29, 1.82) is 0 Å². The molecule has 0 radical (unpaired) electrons. The number of methoxy groups -OCH3 is 1. The van der Waals surface area contributed by atoms with Crippen LogP contribution >= 0.6 is 15.9 Å². The summed E-state index contributed by atoms with van der Waals surface area (Å²) in [5.74, 6) is -0.470. The number of esters is 1. The molecule has 6 heteroatoms. The molecule has 5 nitrogen and oxygen atoms in total. The predicted octanol–water partition coefficient (Wildman–Crippen LogP) is 2.83. The Kier molecular flexibility index (Phi) is 3.94. The second-order valence-electron chi connectivity index (χ2n) is 4.93. The van der Waals surface area contributed by atoms with E-state index in [1.807, 2.05) is 0 Å². The van der Waals surface area contributed by atoms with E-state index in [0.29, 0.717) is 24.1 Å². The maximum absolute atomic E-state index is 12.6. The van der Waals surface area contributed by atoms with E-state index in [-0.39, 0.29) is 11.9 Å². The summed E-state index contributed by atoms with van der Waals surface area (Å²) >= 11 is 3.32. The Morgan fingerprint density at radius 3 is 2.77 bits per heavy atom. The molecule has 2 aromatic rings. The molecule has 0 fully saturated rings. The molecule has 22 heavy (non-hydrogen) atoms. The number of hydrogen-bond donors (Lipinski definition) is 0. The molecule has 1 aliphatic rings. The molecule has 0 saturated heterocycles. The van der Waals surface area contributed by atoms with Gasteiger partial charge in [-0.3, -0.25) is 9.78 Å². The zero-order valence-electron chi connectivity index (χ0n) is 11.9. The van der Waals surface area contributed by atoms with Crippen molar-refractivity contribution in [2.45, 2.75) is 6.42 Å². The summed E-state index contributed by atoms with van der Waals surface area (Å²) in [6.07, 6.45) is 3.90. The number of ether oxygens (including phenoxy) is 1. The van der Waals surface area contributed by atoms with Gasteiger partial charge in [-0.1, -0.05) is 0 Å². The zero-order valence-corrected chi connectivity index (χ0v) is 13.5. The minimum absolute atomic E-state index is 0.0987. The highest BCUT2D eigenvalue weighted by atomic mass is 79.9. The zero-order chi connectivity index (χ0) is 15.7. The number of carbonyl (C=O) groups is 2. The van der Waals surface area contributed by atoms with Crippen LogP contribution in [-0.4, -0.2) is 30.5 Å². The SMILES string of the molecule is COC(=O)c1ccc2c(c1)CCN2C(=O)c1cncc(Br)c1. The largest absolute Gasteiger partial charge is 0.465 e. The highest BCUT2D eigenvalue weighted by Crippen LogP contribution is 2.30. The van der Waals surface area contributed by atoms with Crippen LogP contribution in [0.3, 0.4) is 0 Å². The number of anilines is 1. The molecule has 1 aromatic carbocycles. The molecule has 3 rings (SSSR count). The molecular weight excluding hydrogens is 348 g/mol. The topological polar surface area (TPSA) is 59.5 Å². The van der Waals surface area contributed by atoms with E-state index in [0.717, 1.165) is 15.7 Å². The molecule has 0 aliphatic carbocycles. The maximum Gasteiger partial charge on any atom is 0.337 e. The number of pyridine rings is 1. The fraction of sp³-hybridized carbons (Fsp3) is 0.188. The van der Waals surface area contributed by atoms with Crippen molar-refractivity contribution in [3.63, 3.8) is 0 Å². The summed E-state index contributed by atoms with van der Waals surface area (Å²) < 4.78 is 5.48. The van der Waals surface area contributed by atoms with Crippen LogP contribution in [0.5, 0.6) is 0 Å². The van der Waals surface area contributed by atoms with Crippen LogP contribution in [0.25, 0.3) is 0 Å². The highest BCUT2D eigenvalue weighted by Gasteiger charge is 2.26. The lowest BCUT2D eigenvalue weighted by atomic mass is 10.1. The summed E-state index contributed by atoms with van der Waals surface area (Å²) in [6, 6.07) is 7.00. The van der Waals surface area contributed by atoms with Gasteiger partial charge in [0.1, 0.15) is 0 Å². The molecule has 1 amide bonds. The van der Waals surface area contributed by atoms with Crippen LogP contribution in [0.4, 0.5) is 5.69 Å². The van der Waals surface area contributed by atoms with Crippen molar-refractivity contribution in [3.8, 4) is 0 Å². The van der Waals surface area contributed by atoms with Crippen LogP contribution < -0.4 is 4.90 Å².